The molecule has 1 aromatic rings. The molecule has 104 valence electrons. The standard InChI is InChI=1S/C14H22N4O/c19-14(18-8-4-1-5-9-18)15-13-10-12(16-17-13)11-6-2-3-7-11/h10-11H,1-9H2,(H2,15,16,17,19). The number of nitrogens with zero attached hydrogens (tertiary/aromatic N) is 2. The van der Waals surface area contributed by atoms with E-state index >= 15 is 0 Å². The summed E-state index contributed by atoms with van der Waals surface area (Å²) in [4.78, 5) is 14.0. The largest absolute Gasteiger partial charge is 0.325 e. The lowest BCUT2D eigenvalue weighted by Crippen LogP contribution is -2.38. The minimum absolute atomic E-state index is 0.00122. The van der Waals surface area contributed by atoms with Gasteiger partial charge in [0.2, 0.25) is 0 Å². The van der Waals surface area contributed by atoms with Gasteiger partial charge in [-0.3, -0.25) is 10.4 Å². The first-order valence-electron chi connectivity index (χ1n) is 7.44. The van der Waals surface area contributed by atoms with E-state index < -0.39 is 0 Å². The molecule has 1 aliphatic carbocycles. The third kappa shape index (κ3) is 2.91. The predicted octanol–water partition coefficient (Wildman–Crippen LogP) is 3.09. The van der Waals surface area contributed by atoms with Crippen molar-refractivity contribution in [3.8, 4) is 0 Å². The van der Waals surface area contributed by atoms with Gasteiger partial charge in [0, 0.05) is 25.1 Å². The van der Waals surface area contributed by atoms with E-state index in [0.29, 0.717) is 5.92 Å². The molecule has 1 saturated heterocycles. The van der Waals surface area contributed by atoms with Crippen LogP contribution in [0.2, 0.25) is 0 Å². The summed E-state index contributed by atoms with van der Waals surface area (Å²) in [5.41, 5.74) is 1.10. The molecule has 0 unspecified atom stereocenters. The summed E-state index contributed by atoms with van der Waals surface area (Å²) in [5, 5.41) is 10.2. The van der Waals surface area contributed by atoms with Crippen LogP contribution in [0.1, 0.15) is 56.6 Å². The maximum atomic E-state index is 12.1. The summed E-state index contributed by atoms with van der Waals surface area (Å²) in [6, 6.07) is 2.00. The Balaban J connectivity index is 1.58. The fourth-order valence-corrected chi connectivity index (χ4v) is 3.12. The van der Waals surface area contributed by atoms with Crippen LogP contribution in [0, 0.1) is 0 Å². The van der Waals surface area contributed by atoms with Crippen LogP contribution >= 0.6 is 0 Å². The van der Waals surface area contributed by atoms with Crippen LogP contribution in [0.4, 0.5) is 10.6 Å². The lowest BCUT2D eigenvalue weighted by molar-refractivity contribution is 0.200. The Bertz CT molecular complexity index is 430. The van der Waals surface area contributed by atoms with Crippen LogP contribution in [0.15, 0.2) is 6.07 Å². The first-order chi connectivity index (χ1) is 9.33. The highest BCUT2D eigenvalue weighted by Gasteiger charge is 2.21. The summed E-state index contributed by atoms with van der Waals surface area (Å²) in [7, 11) is 0. The second-order valence-electron chi connectivity index (χ2n) is 5.67. The Morgan fingerprint density at radius 2 is 1.95 bits per heavy atom. The molecule has 2 N–H and O–H groups in total. The molecule has 1 saturated carbocycles. The van der Waals surface area contributed by atoms with Crippen LogP contribution in [0.5, 0.6) is 0 Å². The normalized spacial score (nSPS) is 20.7. The monoisotopic (exact) mass is 262 g/mol. The van der Waals surface area contributed by atoms with Crippen molar-refractivity contribution in [3.63, 3.8) is 0 Å². The van der Waals surface area contributed by atoms with E-state index in [-0.39, 0.29) is 6.03 Å². The number of H-pyrrole nitrogens is 1. The van der Waals surface area contributed by atoms with Gasteiger partial charge >= 0.3 is 6.03 Å². The van der Waals surface area contributed by atoms with Crippen molar-refractivity contribution in [2.75, 3.05) is 18.4 Å². The Kier molecular flexibility index (Phi) is 3.71. The molecule has 0 aromatic carbocycles. The Morgan fingerprint density at radius 3 is 2.68 bits per heavy atom. The maximum Gasteiger partial charge on any atom is 0.322 e. The minimum Gasteiger partial charge on any atom is -0.325 e. The molecule has 19 heavy (non-hydrogen) atoms. The van der Waals surface area contributed by atoms with Gasteiger partial charge in [0.25, 0.3) is 0 Å². The van der Waals surface area contributed by atoms with Gasteiger partial charge in [-0.1, -0.05) is 12.8 Å². The van der Waals surface area contributed by atoms with E-state index in [9.17, 15) is 4.79 Å². The number of hydrogen-bond donors (Lipinski definition) is 2. The maximum absolute atomic E-state index is 12.1. The van der Waals surface area contributed by atoms with Crippen molar-refractivity contribution in [2.45, 2.75) is 50.9 Å². The van der Waals surface area contributed by atoms with E-state index in [1.807, 2.05) is 11.0 Å². The molecular weight excluding hydrogens is 240 g/mol. The molecule has 2 amide bonds. The first-order valence-corrected chi connectivity index (χ1v) is 7.44. The Morgan fingerprint density at radius 1 is 1.21 bits per heavy atom. The van der Waals surface area contributed by atoms with Gasteiger partial charge in [0.05, 0.1) is 5.69 Å². The number of urea groups is 1. The lowest BCUT2D eigenvalue weighted by atomic mass is 10.0. The molecule has 0 bridgehead atoms. The highest BCUT2D eigenvalue weighted by molar-refractivity contribution is 5.88. The Labute approximate surface area is 113 Å². The topological polar surface area (TPSA) is 61.0 Å². The van der Waals surface area contributed by atoms with Gasteiger partial charge in [-0.15, -0.1) is 0 Å². The van der Waals surface area contributed by atoms with Crippen molar-refractivity contribution < 1.29 is 4.79 Å². The molecular formula is C14H22N4O. The number of aromatic nitrogens is 2. The summed E-state index contributed by atoms with van der Waals surface area (Å²) in [5.74, 6) is 1.31. The fourth-order valence-electron chi connectivity index (χ4n) is 3.12. The van der Waals surface area contributed by atoms with Gasteiger partial charge in [-0.2, -0.15) is 5.10 Å². The number of likely N-dealkylation sites (tertiary alicyclic amines) is 1. The van der Waals surface area contributed by atoms with E-state index in [1.54, 1.807) is 0 Å². The SMILES string of the molecule is O=C(Nc1cc(C2CCCC2)n[nH]1)N1CCCCC1. The van der Waals surface area contributed by atoms with Gasteiger partial charge in [0.1, 0.15) is 5.82 Å². The second kappa shape index (κ2) is 5.63. The number of amides is 2. The fraction of sp³-hybridized carbons (Fsp3) is 0.714. The molecule has 1 aromatic heterocycles. The first kappa shape index (κ1) is 12.5. The van der Waals surface area contributed by atoms with E-state index in [4.69, 9.17) is 0 Å². The molecule has 2 fully saturated rings. The van der Waals surface area contributed by atoms with Crippen LogP contribution in [0.3, 0.4) is 0 Å². The number of carbonyl (C=O) groups is 1. The molecule has 2 heterocycles. The summed E-state index contributed by atoms with van der Waals surface area (Å²) in [6.07, 6.45) is 8.52. The molecule has 0 spiro atoms. The van der Waals surface area contributed by atoms with Crippen molar-refractivity contribution in [2.24, 2.45) is 0 Å². The lowest BCUT2D eigenvalue weighted by Gasteiger charge is -2.26. The molecule has 5 nitrogen and oxygen atoms in total. The van der Waals surface area contributed by atoms with Gasteiger partial charge < -0.3 is 4.90 Å². The smallest absolute Gasteiger partial charge is 0.322 e. The summed E-state index contributed by atoms with van der Waals surface area (Å²) >= 11 is 0. The number of nitrogens with one attached hydrogen (secondary N) is 2. The number of piperidine rings is 1. The highest BCUT2D eigenvalue weighted by Crippen LogP contribution is 2.33. The number of hydrogen-bond acceptors (Lipinski definition) is 2. The van der Waals surface area contributed by atoms with Crippen LogP contribution in [-0.2, 0) is 0 Å². The molecule has 2 aliphatic rings. The number of carbonyl (C=O) groups excluding carboxylic acids is 1. The average Bonchev–Trinajstić information content (AvgIpc) is 3.10. The zero-order valence-corrected chi connectivity index (χ0v) is 11.3. The Hall–Kier alpha value is -1.52. The van der Waals surface area contributed by atoms with Crippen molar-refractivity contribution in [3.05, 3.63) is 11.8 Å². The average molecular weight is 262 g/mol. The third-order valence-corrected chi connectivity index (χ3v) is 4.26. The van der Waals surface area contributed by atoms with E-state index in [0.717, 1.165) is 37.4 Å². The number of aromatic amines is 1. The molecule has 3 rings (SSSR count). The minimum atomic E-state index is 0.00122. The van der Waals surface area contributed by atoms with Gasteiger partial charge in [0.15, 0.2) is 0 Å². The summed E-state index contributed by atoms with van der Waals surface area (Å²) in [6.45, 7) is 1.74. The highest BCUT2D eigenvalue weighted by atomic mass is 16.2. The number of rotatable bonds is 2. The molecule has 0 radical (unpaired) electrons. The molecule has 5 heteroatoms. The zero-order valence-electron chi connectivity index (χ0n) is 11.3. The number of anilines is 1. The second-order valence-corrected chi connectivity index (χ2v) is 5.67. The van der Waals surface area contributed by atoms with Gasteiger partial charge in [-0.25, -0.2) is 4.79 Å². The predicted molar refractivity (Wildman–Crippen MR) is 74.2 cm³/mol. The molecule has 0 atom stereocenters. The zero-order chi connectivity index (χ0) is 13.1. The van der Waals surface area contributed by atoms with Crippen LogP contribution in [0.25, 0.3) is 0 Å². The summed E-state index contributed by atoms with van der Waals surface area (Å²) < 4.78 is 0. The van der Waals surface area contributed by atoms with Crippen LogP contribution in [-0.4, -0.2) is 34.2 Å². The van der Waals surface area contributed by atoms with Crippen molar-refractivity contribution in [1.82, 2.24) is 15.1 Å². The third-order valence-electron chi connectivity index (χ3n) is 4.26. The quantitative estimate of drug-likeness (QED) is 0.860. The van der Waals surface area contributed by atoms with E-state index in [2.05, 4.69) is 15.5 Å². The molecule has 1 aliphatic heterocycles. The van der Waals surface area contributed by atoms with Crippen molar-refractivity contribution in [1.29, 1.82) is 0 Å². The van der Waals surface area contributed by atoms with Gasteiger partial charge in [-0.05, 0) is 32.1 Å². The van der Waals surface area contributed by atoms with E-state index in [1.165, 1.54) is 32.1 Å². The van der Waals surface area contributed by atoms with Crippen LogP contribution < -0.4 is 5.32 Å². The van der Waals surface area contributed by atoms with Crippen molar-refractivity contribution >= 4 is 11.8 Å².